The highest BCUT2D eigenvalue weighted by Gasteiger charge is 2.24. The van der Waals surface area contributed by atoms with Crippen LogP contribution in [0, 0.1) is 0 Å². The van der Waals surface area contributed by atoms with Gasteiger partial charge in [0.05, 0.1) is 12.6 Å². The van der Waals surface area contributed by atoms with Gasteiger partial charge >= 0.3 is 0 Å². The number of Topliss-reactive ketones (excluding diaryl/α,β-unsaturated/α-hetero) is 1. The van der Waals surface area contributed by atoms with Crippen molar-refractivity contribution in [3.63, 3.8) is 0 Å². The second kappa shape index (κ2) is 11.2. The van der Waals surface area contributed by atoms with Gasteiger partial charge in [-0.05, 0) is 36.6 Å². The monoisotopic (exact) mass is 416 g/mol. The Morgan fingerprint density at radius 2 is 1.52 bits per heavy atom. The van der Waals surface area contributed by atoms with Crippen molar-refractivity contribution in [3.05, 3.63) is 102 Å². The second-order valence-corrected chi connectivity index (χ2v) is 7.46. The zero-order valence-corrected chi connectivity index (χ0v) is 17.7. The molecule has 0 aliphatic carbocycles. The topological polar surface area (TPSA) is 69.6 Å². The molecule has 5 nitrogen and oxygen atoms in total. The van der Waals surface area contributed by atoms with Crippen LogP contribution in [0.3, 0.4) is 0 Å². The van der Waals surface area contributed by atoms with Crippen molar-refractivity contribution < 1.29 is 14.7 Å². The maximum absolute atomic E-state index is 12.9. The summed E-state index contributed by atoms with van der Waals surface area (Å²) in [7, 11) is 0. The molecule has 0 atom stereocenters. The van der Waals surface area contributed by atoms with E-state index < -0.39 is 0 Å². The predicted octanol–water partition coefficient (Wildman–Crippen LogP) is 4.30. The van der Waals surface area contributed by atoms with Crippen LogP contribution < -0.4 is 5.32 Å². The standard InChI is InChI=1S/C26H28N2O3/c1-20(30)23-14-8-15-24(18-23)27-25(31)19-28(16-9-17-29)26(21-10-4-2-5-11-21)22-12-6-3-7-13-22/h2-8,10-15,18,26,29H,9,16-17,19H2,1H3,(H,27,31). The summed E-state index contributed by atoms with van der Waals surface area (Å²) in [5, 5.41) is 12.3. The number of nitrogens with one attached hydrogen (secondary N) is 1. The molecule has 0 unspecified atom stereocenters. The summed E-state index contributed by atoms with van der Waals surface area (Å²) in [6.45, 7) is 2.27. The third kappa shape index (κ3) is 6.35. The minimum atomic E-state index is -0.171. The highest BCUT2D eigenvalue weighted by atomic mass is 16.3. The molecule has 0 aliphatic heterocycles. The molecule has 0 aliphatic rings. The lowest BCUT2D eigenvalue weighted by Crippen LogP contribution is -2.38. The van der Waals surface area contributed by atoms with Crippen LogP contribution >= 0.6 is 0 Å². The Kier molecular flexibility index (Phi) is 8.10. The number of amides is 1. The average molecular weight is 417 g/mol. The molecule has 0 aromatic heterocycles. The Morgan fingerprint density at radius 3 is 2.06 bits per heavy atom. The van der Waals surface area contributed by atoms with Crippen molar-refractivity contribution in [1.82, 2.24) is 4.90 Å². The van der Waals surface area contributed by atoms with Crippen LogP contribution in [0.4, 0.5) is 5.69 Å². The van der Waals surface area contributed by atoms with Crippen LogP contribution in [0.25, 0.3) is 0 Å². The van der Waals surface area contributed by atoms with E-state index in [1.807, 2.05) is 36.4 Å². The van der Waals surface area contributed by atoms with Gasteiger partial charge in [0.25, 0.3) is 0 Å². The van der Waals surface area contributed by atoms with Gasteiger partial charge in [-0.1, -0.05) is 72.8 Å². The van der Waals surface area contributed by atoms with Gasteiger partial charge < -0.3 is 10.4 Å². The zero-order chi connectivity index (χ0) is 22.1. The van der Waals surface area contributed by atoms with Gasteiger partial charge in [0.1, 0.15) is 0 Å². The summed E-state index contributed by atoms with van der Waals surface area (Å²) in [4.78, 5) is 26.6. The second-order valence-electron chi connectivity index (χ2n) is 7.46. The quantitative estimate of drug-likeness (QED) is 0.484. The number of benzene rings is 3. The first-order chi connectivity index (χ1) is 15.1. The number of hydrogen-bond donors (Lipinski definition) is 2. The largest absolute Gasteiger partial charge is 0.396 e. The molecule has 3 rings (SSSR count). The summed E-state index contributed by atoms with van der Waals surface area (Å²) in [6.07, 6.45) is 0.559. The predicted molar refractivity (Wildman–Crippen MR) is 123 cm³/mol. The smallest absolute Gasteiger partial charge is 0.238 e. The Hall–Kier alpha value is -3.28. The maximum atomic E-state index is 12.9. The number of anilines is 1. The fourth-order valence-corrected chi connectivity index (χ4v) is 3.66. The number of hydrogen-bond acceptors (Lipinski definition) is 4. The summed E-state index contributed by atoms with van der Waals surface area (Å²) >= 11 is 0. The Balaban J connectivity index is 1.85. The normalized spacial score (nSPS) is 11.0. The van der Waals surface area contributed by atoms with E-state index in [9.17, 15) is 14.7 Å². The lowest BCUT2D eigenvalue weighted by molar-refractivity contribution is -0.117. The number of nitrogens with zero attached hydrogens (tertiary/aromatic N) is 1. The Bertz CT molecular complexity index is 950. The molecule has 0 saturated carbocycles. The van der Waals surface area contributed by atoms with Crippen molar-refractivity contribution in [1.29, 1.82) is 0 Å². The molecule has 0 heterocycles. The molecule has 0 saturated heterocycles. The van der Waals surface area contributed by atoms with Gasteiger partial charge in [-0.3, -0.25) is 14.5 Å². The maximum Gasteiger partial charge on any atom is 0.238 e. The number of aliphatic hydroxyl groups excluding tert-OH is 1. The molecular weight excluding hydrogens is 388 g/mol. The Morgan fingerprint density at radius 1 is 0.903 bits per heavy atom. The molecule has 0 fully saturated rings. The van der Waals surface area contributed by atoms with Crippen LogP contribution in [0.5, 0.6) is 0 Å². The highest BCUT2D eigenvalue weighted by Crippen LogP contribution is 2.28. The van der Waals surface area contributed by atoms with Crippen molar-refractivity contribution in [3.8, 4) is 0 Å². The lowest BCUT2D eigenvalue weighted by Gasteiger charge is -2.32. The van der Waals surface area contributed by atoms with E-state index in [-0.39, 0.29) is 30.9 Å². The molecule has 0 spiro atoms. The molecule has 3 aromatic rings. The van der Waals surface area contributed by atoms with Gasteiger partial charge in [-0.25, -0.2) is 0 Å². The number of ketones is 1. The van der Waals surface area contributed by atoms with Gasteiger partial charge in [-0.2, -0.15) is 0 Å². The number of carbonyl (C=O) groups is 2. The van der Waals surface area contributed by atoms with Gasteiger partial charge in [0.2, 0.25) is 5.91 Å². The van der Waals surface area contributed by atoms with Crippen LogP contribution in [-0.4, -0.2) is 41.4 Å². The third-order valence-corrected chi connectivity index (χ3v) is 5.10. The number of rotatable bonds is 10. The molecule has 0 bridgehead atoms. The lowest BCUT2D eigenvalue weighted by atomic mass is 9.96. The van der Waals surface area contributed by atoms with Gasteiger partial charge in [-0.15, -0.1) is 0 Å². The fourth-order valence-electron chi connectivity index (χ4n) is 3.66. The van der Waals surface area contributed by atoms with Gasteiger partial charge in [0.15, 0.2) is 5.78 Å². The van der Waals surface area contributed by atoms with E-state index in [1.54, 1.807) is 24.3 Å². The number of carbonyl (C=O) groups excluding carboxylic acids is 2. The zero-order valence-electron chi connectivity index (χ0n) is 17.7. The minimum Gasteiger partial charge on any atom is -0.396 e. The molecule has 5 heteroatoms. The molecular formula is C26H28N2O3. The van der Waals surface area contributed by atoms with Crippen molar-refractivity contribution in [2.24, 2.45) is 0 Å². The molecule has 2 N–H and O–H groups in total. The SMILES string of the molecule is CC(=O)c1cccc(NC(=O)CN(CCCO)C(c2ccccc2)c2ccccc2)c1. The van der Waals surface area contributed by atoms with Crippen LogP contribution in [0.15, 0.2) is 84.9 Å². The summed E-state index contributed by atoms with van der Waals surface area (Å²) in [5.74, 6) is -0.218. The molecule has 0 radical (unpaired) electrons. The highest BCUT2D eigenvalue weighted by molar-refractivity contribution is 5.97. The first-order valence-electron chi connectivity index (χ1n) is 10.4. The molecule has 3 aromatic carbocycles. The van der Waals surface area contributed by atoms with Crippen molar-refractivity contribution in [2.45, 2.75) is 19.4 Å². The summed E-state index contributed by atoms with van der Waals surface area (Å²) in [5.41, 5.74) is 3.31. The van der Waals surface area contributed by atoms with E-state index >= 15 is 0 Å². The van der Waals surface area contributed by atoms with Gasteiger partial charge in [0, 0.05) is 24.4 Å². The van der Waals surface area contributed by atoms with Crippen molar-refractivity contribution >= 4 is 17.4 Å². The summed E-state index contributed by atoms with van der Waals surface area (Å²) in [6, 6.07) is 26.9. The first kappa shape index (κ1) is 22.4. The average Bonchev–Trinajstić information content (AvgIpc) is 2.79. The molecule has 160 valence electrons. The van der Waals surface area contributed by atoms with E-state index in [0.29, 0.717) is 24.2 Å². The number of aliphatic hydroxyl groups is 1. The van der Waals surface area contributed by atoms with E-state index in [1.165, 1.54) is 6.92 Å². The van der Waals surface area contributed by atoms with Crippen LogP contribution in [-0.2, 0) is 4.79 Å². The Labute approximate surface area is 183 Å². The molecule has 31 heavy (non-hydrogen) atoms. The van der Waals surface area contributed by atoms with E-state index in [0.717, 1.165) is 11.1 Å². The molecule has 1 amide bonds. The fraction of sp³-hybridized carbons (Fsp3) is 0.231. The van der Waals surface area contributed by atoms with Crippen molar-refractivity contribution in [2.75, 3.05) is 25.0 Å². The van der Waals surface area contributed by atoms with E-state index in [4.69, 9.17) is 0 Å². The summed E-state index contributed by atoms with van der Waals surface area (Å²) < 4.78 is 0. The minimum absolute atomic E-state index is 0.0473. The van der Waals surface area contributed by atoms with Crippen LogP contribution in [0.1, 0.15) is 40.9 Å². The first-order valence-corrected chi connectivity index (χ1v) is 10.4. The van der Waals surface area contributed by atoms with Crippen LogP contribution in [0.2, 0.25) is 0 Å². The third-order valence-electron chi connectivity index (χ3n) is 5.10. The van der Waals surface area contributed by atoms with E-state index in [2.05, 4.69) is 34.5 Å².